The van der Waals surface area contributed by atoms with E-state index in [0.717, 1.165) is 93.7 Å². The Labute approximate surface area is 347 Å². The van der Waals surface area contributed by atoms with Gasteiger partial charge >= 0.3 is 175 Å². The van der Waals surface area contributed by atoms with Gasteiger partial charge in [-0.05, 0) is 31.9 Å². The number of hydrogen-bond acceptors (Lipinski definition) is 6. The summed E-state index contributed by atoms with van der Waals surface area (Å²) in [6.45, 7) is 13.1. The van der Waals surface area contributed by atoms with E-state index in [4.69, 9.17) is 3.97 Å². The molecule has 0 radical (unpaired) electrons. The topological polar surface area (TPSA) is 128 Å². The second-order valence-corrected chi connectivity index (χ2v) is 25.1. The average Bonchev–Trinajstić information content (AvgIpc) is 3.17. The zero-order valence-corrected chi connectivity index (χ0v) is 39.7. The molecule has 56 heavy (non-hydrogen) atoms. The van der Waals surface area contributed by atoms with Crippen molar-refractivity contribution in [2.45, 2.75) is 200 Å². The van der Waals surface area contributed by atoms with Gasteiger partial charge in [-0.25, -0.2) is 8.42 Å². The van der Waals surface area contributed by atoms with E-state index in [1.165, 1.54) is 102 Å². The van der Waals surface area contributed by atoms with Crippen molar-refractivity contribution >= 4 is 27.1 Å². The van der Waals surface area contributed by atoms with Gasteiger partial charge in [0, 0.05) is 0 Å². The van der Waals surface area contributed by atoms with E-state index >= 15 is 0 Å². The Kier molecular flexibility index (Phi) is 30.8. The van der Waals surface area contributed by atoms with E-state index in [2.05, 4.69) is 40.4 Å². The molecule has 0 saturated heterocycles. The summed E-state index contributed by atoms with van der Waals surface area (Å²) in [6, 6.07) is 12.9. The van der Waals surface area contributed by atoms with Gasteiger partial charge in [-0.1, -0.05) is 102 Å². The van der Waals surface area contributed by atoms with Crippen molar-refractivity contribution < 1.29 is 31.1 Å². The third-order valence-electron chi connectivity index (χ3n) is 10.8. The summed E-state index contributed by atoms with van der Waals surface area (Å²) in [4.78, 5) is 0.135. The van der Waals surface area contributed by atoms with Gasteiger partial charge in [0.15, 0.2) is 0 Å². The van der Waals surface area contributed by atoms with Gasteiger partial charge in [0.25, 0.3) is 0 Å². The molecule has 7 nitrogen and oxygen atoms in total. The molecule has 3 N–H and O–H groups in total. The summed E-state index contributed by atoms with van der Waals surface area (Å²) in [5.41, 5.74) is 5.87. The Morgan fingerprint density at radius 2 is 0.750 bits per heavy atom. The van der Waals surface area contributed by atoms with Gasteiger partial charge in [0.1, 0.15) is 10.1 Å². The van der Waals surface area contributed by atoms with Crippen LogP contribution in [0.15, 0.2) is 58.3 Å². The number of quaternary nitrogens is 1. The molecule has 0 aliphatic rings. The predicted octanol–water partition coefficient (Wildman–Crippen LogP) is 13.0. The molecule has 10 heteroatoms. The molecule has 0 fully saturated rings. The summed E-state index contributed by atoms with van der Waals surface area (Å²) in [6.07, 6.45) is 32.5. The molecule has 0 unspecified atom stereocenters. The minimum absolute atomic E-state index is 0.178. The number of rotatable bonds is 30. The van der Waals surface area contributed by atoms with Crippen LogP contribution >= 0.6 is 6.83 Å². The molecule has 2 aromatic rings. The van der Waals surface area contributed by atoms with Crippen molar-refractivity contribution in [1.82, 2.24) is 0 Å². The van der Waals surface area contributed by atoms with Crippen LogP contribution in [0.1, 0.15) is 187 Å². The maximum Gasteiger partial charge on any atom is 0.124 e. The molecule has 0 aliphatic carbocycles. The number of unbranched alkanes of at least 4 members (excludes halogenated alkanes) is 17. The second-order valence-electron chi connectivity index (χ2n) is 16.2. The van der Waals surface area contributed by atoms with Gasteiger partial charge in [0.2, 0.25) is 0 Å². The first-order valence-corrected chi connectivity index (χ1v) is 28.2. The van der Waals surface area contributed by atoms with Gasteiger partial charge in [-0.2, -0.15) is 0 Å². The Bertz CT molecular complexity index is 1390. The van der Waals surface area contributed by atoms with Crippen molar-refractivity contribution in [1.29, 1.82) is 0 Å². The molecule has 0 atom stereocenters. The van der Waals surface area contributed by atoms with E-state index in [1.54, 1.807) is 24.3 Å². The Morgan fingerprint density at radius 3 is 1.04 bits per heavy atom. The normalized spacial score (nSPS) is 12.6. The van der Waals surface area contributed by atoms with Crippen molar-refractivity contribution in [2.75, 3.05) is 31.2 Å². The van der Waals surface area contributed by atoms with Gasteiger partial charge in [-0.15, -0.1) is 0 Å². The summed E-state index contributed by atoms with van der Waals surface area (Å²) < 4.78 is 64.6. The molecule has 0 aliphatic heterocycles. The van der Waals surface area contributed by atoms with Crippen molar-refractivity contribution in [3.05, 3.63) is 59.7 Å². The standard InChI is InChI=1S/C23H43O3PS.C16H35N.C7H8O3S/c1-6-10-18-27(19-11-7-2,20-12-8-3,21-13-9-4)26-28(24,25)23-16-14-22(5)15-17-23;1-2-3-4-5-6-7-8-9-10-11-12-13-14-15-16-17;1-6-2-4-7(5-3-6)11(8,9)10/h14-17H,6-13,18-21H2,1-5H3;2-17H2,1H3;2-5H,1H3,(H,8,9,10). The minimum atomic E-state index is -4.27. The van der Waals surface area contributed by atoms with Crippen molar-refractivity contribution in [3.63, 3.8) is 0 Å². The molecule has 0 spiro atoms. The first kappa shape index (κ1) is 54.6. The third kappa shape index (κ3) is 24.5. The fourth-order valence-electron chi connectivity index (χ4n) is 7.15. The Balaban J connectivity index is 0.000000910. The predicted molar refractivity (Wildman–Crippen MR) is 243 cm³/mol. The molecule has 0 amide bonds. The molecule has 2 rings (SSSR count). The average molecular weight is 844 g/mol. The molecule has 0 heterocycles. The van der Waals surface area contributed by atoms with Gasteiger partial charge in [-0.3, -0.25) is 0 Å². The molecule has 0 bridgehead atoms. The monoisotopic (exact) mass is 844 g/mol. The fourth-order valence-corrected chi connectivity index (χ4v) is 17.7. The van der Waals surface area contributed by atoms with Crippen LogP contribution in [0.5, 0.6) is 0 Å². The van der Waals surface area contributed by atoms with Crippen LogP contribution in [0.25, 0.3) is 0 Å². The second kappa shape index (κ2) is 31.6. The van der Waals surface area contributed by atoms with Crippen LogP contribution in [-0.2, 0) is 24.2 Å². The maximum absolute atomic E-state index is 13.4. The molecule has 2 aromatic carbocycles. The summed E-state index contributed by atoms with van der Waals surface area (Å²) >= 11 is 0. The van der Waals surface area contributed by atoms with Crippen molar-refractivity contribution in [3.8, 4) is 0 Å². The van der Waals surface area contributed by atoms with Crippen LogP contribution in [-0.4, -0.2) is 52.6 Å². The van der Waals surface area contributed by atoms with E-state index in [9.17, 15) is 21.4 Å². The Morgan fingerprint density at radius 1 is 0.464 bits per heavy atom. The smallest absolute Gasteiger partial charge is 0.124 e. The number of aryl methyl sites for hydroxylation is 2. The summed E-state index contributed by atoms with van der Waals surface area (Å²) in [5.74, 6) is 0. The zero-order valence-electron chi connectivity index (χ0n) is 37.1. The van der Waals surface area contributed by atoms with Crippen LogP contribution in [0, 0.1) is 13.8 Å². The maximum atomic E-state index is 13.4. The fraction of sp³-hybridized carbons (Fsp3) is 0.739. The van der Waals surface area contributed by atoms with Gasteiger partial charge < -0.3 is 10.3 Å². The van der Waals surface area contributed by atoms with Crippen LogP contribution < -0.4 is 5.73 Å². The Hall–Kier alpha value is -1.35. The number of hydrogen-bond donors (Lipinski definition) is 1. The molecule has 0 aromatic heterocycles. The van der Waals surface area contributed by atoms with Crippen LogP contribution in [0.4, 0.5) is 0 Å². The molecule has 328 valence electrons. The molecule has 0 saturated carbocycles. The largest absolute Gasteiger partial charge is 0.744 e. The van der Waals surface area contributed by atoms with Gasteiger partial charge in [0.05, 0.1) is 11.4 Å². The van der Waals surface area contributed by atoms with E-state index < -0.39 is 27.1 Å². The quantitative estimate of drug-likeness (QED) is 0.0474. The SMILES string of the molecule is CCCCCCCCCCCCCCCC[NH3+].CCCCP(CCCC)(CCCC)(CCCC)OS(=O)(=O)c1ccc(C)cc1.Cc1ccc(S(=O)(=O)[O-])cc1. The van der Waals surface area contributed by atoms with Crippen LogP contribution in [0.3, 0.4) is 0 Å². The zero-order chi connectivity index (χ0) is 42.2. The van der Waals surface area contributed by atoms with Crippen LogP contribution in [0.2, 0.25) is 0 Å². The van der Waals surface area contributed by atoms with Crippen molar-refractivity contribution in [2.24, 2.45) is 0 Å². The summed E-state index contributed by atoms with van der Waals surface area (Å²) in [5, 5.41) is 0. The van der Waals surface area contributed by atoms with E-state index in [-0.39, 0.29) is 4.90 Å². The first-order valence-electron chi connectivity index (χ1n) is 22.5. The molecular formula is C46H86NO6PS2. The third-order valence-corrected chi connectivity index (χ3v) is 20.8. The summed E-state index contributed by atoms with van der Waals surface area (Å²) in [7, 11) is -8.03. The minimum Gasteiger partial charge on any atom is -0.744 e. The van der Waals surface area contributed by atoms with E-state index in [1.807, 2.05) is 26.0 Å². The first-order chi connectivity index (χ1) is 26.7. The van der Waals surface area contributed by atoms with E-state index in [0.29, 0.717) is 4.90 Å². The molecular weight excluding hydrogens is 758 g/mol. The number of benzene rings is 2.